The Morgan fingerprint density at radius 3 is 2.69 bits per heavy atom. The molecular weight excluding hydrogens is 356 g/mol. The number of anilines is 2. The van der Waals surface area contributed by atoms with E-state index in [9.17, 15) is 9.59 Å². The lowest BCUT2D eigenvalue weighted by Crippen LogP contribution is -2.18. The molecule has 2 rings (SSSR count). The van der Waals surface area contributed by atoms with Crippen LogP contribution in [0.3, 0.4) is 0 Å². The quantitative estimate of drug-likeness (QED) is 0.692. The van der Waals surface area contributed by atoms with Crippen LogP contribution in [0.2, 0.25) is 0 Å². The van der Waals surface area contributed by atoms with Crippen LogP contribution in [0.5, 0.6) is 5.75 Å². The summed E-state index contributed by atoms with van der Waals surface area (Å²) in [5.41, 5.74) is 8.52. The lowest BCUT2D eigenvalue weighted by molar-refractivity contribution is -0.116. The molecule has 0 bridgehead atoms. The summed E-state index contributed by atoms with van der Waals surface area (Å²) >= 11 is 0. The predicted molar refractivity (Wildman–Crippen MR) is 103 cm³/mol. The summed E-state index contributed by atoms with van der Waals surface area (Å²) < 4.78 is 5.12. The molecule has 1 aromatic carbocycles. The number of amides is 1. The van der Waals surface area contributed by atoms with E-state index in [1.54, 1.807) is 32.0 Å². The molecule has 26 heavy (non-hydrogen) atoms. The Balaban J connectivity index is 0.00000338. The van der Waals surface area contributed by atoms with Gasteiger partial charge in [-0.15, -0.1) is 12.4 Å². The molecule has 7 nitrogen and oxygen atoms in total. The number of nitrogens with zero attached hydrogens (tertiary/aromatic N) is 1. The van der Waals surface area contributed by atoms with E-state index in [2.05, 4.69) is 10.3 Å². The number of methoxy groups -OCH3 is 1. The van der Waals surface area contributed by atoms with Gasteiger partial charge in [0.2, 0.25) is 5.91 Å². The lowest BCUT2D eigenvalue weighted by atomic mass is 9.99. The van der Waals surface area contributed by atoms with Crippen molar-refractivity contribution in [3.8, 4) is 11.8 Å². The Morgan fingerprint density at radius 2 is 2.08 bits per heavy atom. The third kappa shape index (κ3) is 4.55. The fourth-order valence-electron chi connectivity index (χ4n) is 2.64. The molecule has 0 aliphatic rings. The van der Waals surface area contributed by atoms with Crippen molar-refractivity contribution in [3.63, 3.8) is 0 Å². The van der Waals surface area contributed by atoms with Crippen molar-refractivity contribution >= 4 is 29.7 Å². The summed E-state index contributed by atoms with van der Waals surface area (Å²) in [5.74, 6) is 0.374. The minimum Gasteiger partial charge on any atom is -0.497 e. The number of nitrogens with one attached hydrogen (secondary N) is 2. The molecule has 1 heterocycles. The van der Waals surface area contributed by atoms with Gasteiger partial charge in [-0.1, -0.05) is 0 Å². The molecular formula is C18H21ClN4O3. The maximum atomic E-state index is 12.2. The highest BCUT2D eigenvalue weighted by Gasteiger charge is 2.14. The first-order valence-electron chi connectivity index (χ1n) is 7.73. The maximum absolute atomic E-state index is 12.2. The molecule has 1 amide bonds. The van der Waals surface area contributed by atoms with Gasteiger partial charge in [0.15, 0.2) is 0 Å². The highest BCUT2D eigenvalue weighted by atomic mass is 35.5. The number of H-pyrrole nitrogens is 1. The molecule has 138 valence electrons. The third-order valence-electron chi connectivity index (χ3n) is 4.06. The van der Waals surface area contributed by atoms with Crippen LogP contribution in [0.4, 0.5) is 11.4 Å². The standard InChI is InChI=1S/C18H20N4O3.ClH/c1-10-13(11(2)21-18(24)14(10)9-19)5-7-17(23)22-16-8-12(25-3)4-6-15(16)20;/h4,6,8H,5,7,20H2,1-3H3,(H,21,24)(H,22,23);1H. The second-order valence-corrected chi connectivity index (χ2v) is 5.67. The van der Waals surface area contributed by atoms with E-state index in [0.29, 0.717) is 34.8 Å². The van der Waals surface area contributed by atoms with Crippen molar-refractivity contribution in [2.24, 2.45) is 0 Å². The number of aromatic amines is 1. The van der Waals surface area contributed by atoms with Crippen LogP contribution in [0.25, 0.3) is 0 Å². The summed E-state index contributed by atoms with van der Waals surface area (Å²) in [6, 6.07) is 6.92. The molecule has 0 aliphatic heterocycles. The molecule has 1 aromatic heterocycles. The van der Waals surface area contributed by atoms with E-state index >= 15 is 0 Å². The molecule has 2 aromatic rings. The van der Waals surface area contributed by atoms with Crippen LogP contribution in [0.15, 0.2) is 23.0 Å². The number of aromatic nitrogens is 1. The number of hydrogen-bond donors (Lipinski definition) is 3. The SMILES string of the molecule is COc1ccc(N)c(NC(=O)CCc2c(C)[nH]c(=O)c(C#N)c2C)c1.Cl. The Hall–Kier alpha value is -2.98. The zero-order valence-electron chi connectivity index (χ0n) is 14.8. The third-order valence-corrected chi connectivity index (χ3v) is 4.06. The largest absolute Gasteiger partial charge is 0.497 e. The van der Waals surface area contributed by atoms with E-state index in [-0.39, 0.29) is 30.3 Å². The molecule has 8 heteroatoms. The number of pyridine rings is 1. The number of nitriles is 1. The fraction of sp³-hybridized carbons (Fsp3) is 0.278. The van der Waals surface area contributed by atoms with Crippen molar-refractivity contribution < 1.29 is 9.53 Å². The van der Waals surface area contributed by atoms with Crippen molar-refractivity contribution in [1.82, 2.24) is 4.98 Å². The van der Waals surface area contributed by atoms with Crippen LogP contribution < -0.4 is 21.3 Å². The molecule has 0 fully saturated rings. The highest BCUT2D eigenvalue weighted by Crippen LogP contribution is 2.24. The normalized spacial score (nSPS) is 9.77. The zero-order valence-corrected chi connectivity index (χ0v) is 15.6. The molecule has 0 aliphatic carbocycles. The Labute approximate surface area is 157 Å². The molecule has 0 saturated carbocycles. The van der Waals surface area contributed by atoms with Gasteiger partial charge in [0.05, 0.1) is 18.5 Å². The van der Waals surface area contributed by atoms with Gasteiger partial charge >= 0.3 is 0 Å². The van der Waals surface area contributed by atoms with Gasteiger partial charge in [-0.05, 0) is 43.5 Å². The number of carbonyl (C=O) groups is 1. The number of carbonyl (C=O) groups excluding carboxylic acids is 1. The molecule has 4 N–H and O–H groups in total. The number of rotatable bonds is 5. The van der Waals surface area contributed by atoms with Gasteiger partial charge in [-0.25, -0.2) is 0 Å². The van der Waals surface area contributed by atoms with Crippen LogP contribution in [-0.4, -0.2) is 18.0 Å². The second-order valence-electron chi connectivity index (χ2n) is 5.67. The first kappa shape index (κ1) is 21.1. The van der Waals surface area contributed by atoms with Gasteiger partial charge < -0.3 is 20.8 Å². The number of hydrogen-bond acceptors (Lipinski definition) is 5. The van der Waals surface area contributed by atoms with Crippen LogP contribution >= 0.6 is 12.4 Å². The Morgan fingerprint density at radius 1 is 1.38 bits per heavy atom. The molecule has 0 atom stereocenters. The number of nitrogen functional groups attached to an aromatic ring is 1. The molecule has 0 spiro atoms. The molecule has 0 saturated heterocycles. The van der Waals surface area contributed by atoms with Crippen LogP contribution in [0.1, 0.15) is 28.8 Å². The number of halogens is 1. The summed E-state index contributed by atoms with van der Waals surface area (Å²) in [6.07, 6.45) is 0.591. The van der Waals surface area contributed by atoms with E-state index < -0.39 is 5.56 Å². The maximum Gasteiger partial charge on any atom is 0.266 e. The van der Waals surface area contributed by atoms with Crippen molar-refractivity contribution in [1.29, 1.82) is 5.26 Å². The number of ether oxygens (including phenoxy) is 1. The van der Waals surface area contributed by atoms with Crippen molar-refractivity contribution in [2.45, 2.75) is 26.7 Å². The average molecular weight is 377 g/mol. The van der Waals surface area contributed by atoms with Gasteiger partial charge in [0.25, 0.3) is 5.56 Å². The smallest absolute Gasteiger partial charge is 0.266 e. The Bertz CT molecular complexity index is 916. The highest BCUT2D eigenvalue weighted by molar-refractivity contribution is 5.94. The Kier molecular flexibility index (Phi) is 7.23. The monoisotopic (exact) mass is 376 g/mol. The number of benzene rings is 1. The zero-order chi connectivity index (χ0) is 18.6. The van der Waals surface area contributed by atoms with E-state index in [1.165, 1.54) is 7.11 Å². The number of nitrogens with two attached hydrogens (primary N) is 1. The van der Waals surface area contributed by atoms with Gasteiger partial charge in [0.1, 0.15) is 17.4 Å². The van der Waals surface area contributed by atoms with Gasteiger partial charge in [-0.2, -0.15) is 5.26 Å². The minimum absolute atomic E-state index is 0. The molecule has 0 radical (unpaired) electrons. The van der Waals surface area contributed by atoms with E-state index in [1.807, 2.05) is 6.07 Å². The van der Waals surface area contributed by atoms with Gasteiger partial charge in [-0.3, -0.25) is 9.59 Å². The predicted octanol–water partition coefficient (Wildman–Crippen LogP) is 2.45. The van der Waals surface area contributed by atoms with Crippen molar-refractivity contribution in [3.05, 3.63) is 50.9 Å². The topological polar surface area (TPSA) is 121 Å². The van der Waals surface area contributed by atoms with Crippen molar-refractivity contribution in [2.75, 3.05) is 18.2 Å². The average Bonchev–Trinajstić information content (AvgIpc) is 2.56. The van der Waals surface area contributed by atoms with Gasteiger partial charge in [0, 0.05) is 18.2 Å². The first-order chi connectivity index (χ1) is 11.9. The second kappa shape index (κ2) is 8.92. The summed E-state index contributed by atoms with van der Waals surface area (Å²) in [5, 5.41) is 11.8. The summed E-state index contributed by atoms with van der Waals surface area (Å²) in [4.78, 5) is 26.6. The fourth-order valence-corrected chi connectivity index (χ4v) is 2.64. The van der Waals surface area contributed by atoms with Crippen LogP contribution in [0, 0.1) is 25.2 Å². The lowest BCUT2D eigenvalue weighted by Gasteiger charge is -2.12. The van der Waals surface area contributed by atoms with E-state index in [4.69, 9.17) is 15.7 Å². The van der Waals surface area contributed by atoms with E-state index in [0.717, 1.165) is 5.56 Å². The summed E-state index contributed by atoms with van der Waals surface area (Å²) in [6.45, 7) is 3.47. The first-order valence-corrected chi connectivity index (χ1v) is 7.73. The minimum atomic E-state index is -0.408. The summed E-state index contributed by atoms with van der Waals surface area (Å²) in [7, 11) is 1.53. The number of aryl methyl sites for hydroxylation is 1. The van der Waals surface area contributed by atoms with Crippen LogP contribution in [-0.2, 0) is 11.2 Å². The molecule has 0 unspecified atom stereocenters.